The Balaban J connectivity index is 1.36. The fourth-order valence-corrected chi connectivity index (χ4v) is 6.49. The zero-order valence-corrected chi connectivity index (χ0v) is 19.3. The Hall–Kier alpha value is -2.10. The number of sulfonamides is 1. The van der Waals surface area contributed by atoms with E-state index in [1.54, 1.807) is 24.6 Å². The number of benzene rings is 1. The van der Waals surface area contributed by atoms with Gasteiger partial charge in [-0.3, -0.25) is 4.79 Å². The van der Waals surface area contributed by atoms with Crippen molar-refractivity contribution in [3.8, 4) is 11.5 Å². The van der Waals surface area contributed by atoms with Crippen LogP contribution >= 0.6 is 11.3 Å². The molecule has 1 saturated heterocycles. The molecule has 1 aromatic heterocycles. The van der Waals surface area contributed by atoms with Gasteiger partial charge < -0.3 is 14.4 Å². The molecule has 1 aromatic carbocycles. The van der Waals surface area contributed by atoms with Crippen molar-refractivity contribution >= 4 is 27.3 Å². The average Bonchev–Trinajstić information content (AvgIpc) is 3.42. The number of ether oxygens (including phenoxy) is 2. The molecule has 2 aromatic rings. The van der Waals surface area contributed by atoms with Crippen molar-refractivity contribution in [3.05, 3.63) is 41.3 Å². The van der Waals surface area contributed by atoms with E-state index < -0.39 is 10.0 Å². The first kappa shape index (κ1) is 22.1. The van der Waals surface area contributed by atoms with Gasteiger partial charge in [-0.15, -0.1) is 11.3 Å². The molecule has 0 bridgehead atoms. The standard InChI is InChI=1S/C22H28N2O5S2/c1-23(31(26,27)22-8-4-15-30-22)11-3-7-21(25)24-12-2-6-18(24)17-9-10-19-20(16-17)29-14-5-13-28-19/h4,8-10,15-16,18H,2-3,5-7,11-14H2,1H3. The van der Waals surface area contributed by atoms with Crippen molar-refractivity contribution in [1.82, 2.24) is 9.21 Å². The molecule has 1 fully saturated rings. The maximum atomic E-state index is 12.9. The zero-order chi connectivity index (χ0) is 21.8. The van der Waals surface area contributed by atoms with E-state index in [0.717, 1.165) is 42.9 Å². The second-order valence-corrected chi connectivity index (χ2v) is 11.1. The van der Waals surface area contributed by atoms with Crippen molar-refractivity contribution < 1.29 is 22.7 Å². The first-order valence-corrected chi connectivity index (χ1v) is 13.0. The molecule has 0 saturated carbocycles. The summed E-state index contributed by atoms with van der Waals surface area (Å²) in [6.07, 6.45) is 3.54. The summed E-state index contributed by atoms with van der Waals surface area (Å²) in [5, 5.41) is 1.75. The number of likely N-dealkylation sites (tertiary alicyclic amines) is 1. The number of carbonyl (C=O) groups excluding carboxylic acids is 1. The van der Waals surface area contributed by atoms with Crippen LogP contribution in [-0.2, 0) is 14.8 Å². The molecule has 0 spiro atoms. The minimum absolute atomic E-state index is 0.0252. The van der Waals surface area contributed by atoms with Gasteiger partial charge in [0, 0.05) is 33.0 Å². The summed E-state index contributed by atoms with van der Waals surface area (Å²) in [5.41, 5.74) is 1.06. The van der Waals surface area contributed by atoms with Crippen molar-refractivity contribution in [2.24, 2.45) is 0 Å². The molecule has 7 nitrogen and oxygen atoms in total. The summed E-state index contributed by atoms with van der Waals surface area (Å²) in [6, 6.07) is 9.30. The highest BCUT2D eigenvalue weighted by Crippen LogP contribution is 2.38. The predicted molar refractivity (Wildman–Crippen MR) is 119 cm³/mol. The van der Waals surface area contributed by atoms with E-state index in [4.69, 9.17) is 9.47 Å². The van der Waals surface area contributed by atoms with Gasteiger partial charge in [-0.05, 0) is 48.4 Å². The van der Waals surface area contributed by atoms with Gasteiger partial charge in [0.2, 0.25) is 5.91 Å². The number of hydrogen-bond acceptors (Lipinski definition) is 6. The number of rotatable bonds is 7. The third-order valence-corrected chi connectivity index (χ3v) is 8.98. The Morgan fingerprint density at radius 1 is 1.19 bits per heavy atom. The Morgan fingerprint density at radius 3 is 2.77 bits per heavy atom. The maximum absolute atomic E-state index is 12.9. The molecule has 3 heterocycles. The number of fused-ring (bicyclic) bond motifs is 1. The van der Waals surface area contributed by atoms with Gasteiger partial charge >= 0.3 is 0 Å². The SMILES string of the molecule is CN(CCCC(=O)N1CCCC1c1ccc2c(c1)OCCCO2)S(=O)(=O)c1cccs1. The summed E-state index contributed by atoms with van der Waals surface area (Å²) in [7, 11) is -1.91. The minimum atomic E-state index is -3.48. The summed E-state index contributed by atoms with van der Waals surface area (Å²) in [4.78, 5) is 14.9. The third kappa shape index (κ3) is 4.88. The van der Waals surface area contributed by atoms with Gasteiger partial charge in [-0.2, -0.15) is 0 Å². The topological polar surface area (TPSA) is 76.2 Å². The molecule has 2 aliphatic rings. The third-order valence-electron chi connectivity index (χ3n) is 5.75. The smallest absolute Gasteiger partial charge is 0.252 e. The fraction of sp³-hybridized carbons (Fsp3) is 0.500. The van der Waals surface area contributed by atoms with Crippen LogP contribution in [-0.4, -0.2) is 56.9 Å². The van der Waals surface area contributed by atoms with Crippen LogP contribution in [0.1, 0.15) is 43.7 Å². The van der Waals surface area contributed by atoms with Crippen LogP contribution in [0, 0.1) is 0 Å². The van der Waals surface area contributed by atoms with Crippen molar-refractivity contribution in [2.75, 3.05) is 33.4 Å². The molecule has 4 rings (SSSR count). The lowest BCUT2D eigenvalue weighted by Crippen LogP contribution is -2.32. The molecule has 1 atom stereocenters. The average molecular weight is 465 g/mol. The van der Waals surface area contributed by atoms with Crippen LogP contribution in [0.15, 0.2) is 39.9 Å². The Kier molecular flexibility index (Phi) is 6.83. The van der Waals surface area contributed by atoms with Crippen LogP contribution in [0.4, 0.5) is 0 Å². The highest BCUT2D eigenvalue weighted by molar-refractivity contribution is 7.91. The van der Waals surface area contributed by atoms with Gasteiger partial charge in [0.05, 0.1) is 19.3 Å². The zero-order valence-electron chi connectivity index (χ0n) is 17.7. The second kappa shape index (κ2) is 9.58. The lowest BCUT2D eigenvalue weighted by atomic mass is 10.0. The van der Waals surface area contributed by atoms with Gasteiger partial charge in [0.15, 0.2) is 11.5 Å². The highest BCUT2D eigenvalue weighted by Gasteiger charge is 2.31. The Labute approximate surface area is 187 Å². The molecule has 0 N–H and O–H groups in total. The summed E-state index contributed by atoms with van der Waals surface area (Å²) in [6.45, 7) is 2.32. The van der Waals surface area contributed by atoms with E-state index in [2.05, 4.69) is 0 Å². The van der Waals surface area contributed by atoms with Crippen LogP contribution in [0.5, 0.6) is 11.5 Å². The predicted octanol–water partition coefficient (Wildman–Crippen LogP) is 3.67. The first-order chi connectivity index (χ1) is 15.0. The number of nitrogens with zero attached hydrogens (tertiary/aromatic N) is 2. The maximum Gasteiger partial charge on any atom is 0.252 e. The van der Waals surface area contributed by atoms with Crippen LogP contribution in [0.25, 0.3) is 0 Å². The second-order valence-electron chi connectivity index (χ2n) is 7.86. The van der Waals surface area contributed by atoms with Crippen molar-refractivity contribution in [2.45, 2.75) is 42.4 Å². The molecule has 31 heavy (non-hydrogen) atoms. The van der Waals surface area contributed by atoms with Gasteiger partial charge in [0.25, 0.3) is 10.0 Å². The lowest BCUT2D eigenvalue weighted by molar-refractivity contribution is -0.132. The highest BCUT2D eigenvalue weighted by atomic mass is 32.2. The van der Waals surface area contributed by atoms with Gasteiger partial charge in [-0.25, -0.2) is 12.7 Å². The molecule has 1 unspecified atom stereocenters. The number of amides is 1. The monoisotopic (exact) mass is 464 g/mol. The molecule has 1 amide bonds. The Bertz CT molecular complexity index is 1010. The van der Waals surface area contributed by atoms with Crippen LogP contribution in [0.3, 0.4) is 0 Å². The number of hydrogen-bond donors (Lipinski definition) is 0. The molecule has 9 heteroatoms. The van der Waals surface area contributed by atoms with Crippen LogP contribution in [0.2, 0.25) is 0 Å². The molecule has 0 aliphatic carbocycles. The van der Waals surface area contributed by atoms with Crippen molar-refractivity contribution in [1.29, 1.82) is 0 Å². The molecular weight excluding hydrogens is 436 g/mol. The van der Waals surface area contributed by atoms with E-state index in [9.17, 15) is 13.2 Å². The summed E-state index contributed by atoms with van der Waals surface area (Å²) in [5.74, 6) is 1.57. The van der Waals surface area contributed by atoms with Gasteiger partial charge in [0.1, 0.15) is 4.21 Å². The largest absolute Gasteiger partial charge is 0.490 e. The van der Waals surface area contributed by atoms with E-state index >= 15 is 0 Å². The number of carbonyl (C=O) groups is 1. The summed E-state index contributed by atoms with van der Waals surface area (Å²) >= 11 is 1.20. The van der Waals surface area contributed by atoms with E-state index in [1.807, 2.05) is 23.1 Å². The van der Waals surface area contributed by atoms with Crippen LogP contribution < -0.4 is 9.47 Å². The quantitative estimate of drug-likeness (QED) is 0.625. The molecule has 168 valence electrons. The fourth-order valence-electron chi connectivity index (χ4n) is 4.08. The van der Waals surface area contributed by atoms with Crippen molar-refractivity contribution in [3.63, 3.8) is 0 Å². The first-order valence-electron chi connectivity index (χ1n) is 10.7. The van der Waals surface area contributed by atoms with E-state index in [-0.39, 0.29) is 11.9 Å². The summed E-state index contributed by atoms with van der Waals surface area (Å²) < 4.78 is 38.2. The molecular formula is C22H28N2O5S2. The van der Waals surface area contributed by atoms with Gasteiger partial charge in [-0.1, -0.05) is 12.1 Å². The lowest BCUT2D eigenvalue weighted by Gasteiger charge is -2.26. The Morgan fingerprint density at radius 2 is 2.00 bits per heavy atom. The minimum Gasteiger partial charge on any atom is -0.490 e. The normalized spacial score (nSPS) is 18.9. The number of thiophene rings is 1. The van der Waals surface area contributed by atoms with E-state index in [0.29, 0.717) is 36.8 Å². The molecule has 2 aliphatic heterocycles. The molecule has 0 radical (unpaired) electrons. The van der Waals surface area contributed by atoms with E-state index in [1.165, 1.54) is 15.6 Å².